The molecule has 4 nitrogen and oxygen atoms in total. The van der Waals surface area contributed by atoms with Gasteiger partial charge in [0.05, 0.1) is 24.7 Å². The predicted molar refractivity (Wildman–Crippen MR) is 53.2 cm³/mol. The second-order valence-electron chi connectivity index (χ2n) is 2.94. The number of nitriles is 1. The summed E-state index contributed by atoms with van der Waals surface area (Å²) < 4.78 is 4.74. The van der Waals surface area contributed by atoms with Gasteiger partial charge < -0.3 is 9.84 Å². The van der Waals surface area contributed by atoms with Crippen LogP contribution in [0.25, 0.3) is 0 Å². The first kappa shape index (κ1) is 11.1. The molecule has 78 valence electrons. The van der Waals surface area contributed by atoms with E-state index in [9.17, 15) is 9.90 Å². The summed E-state index contributed by atoms with van der Waals surface area (Å²) in [6, 6.07) is 6.32. The SMILES string of the molecule is CCOC(=O)Cc1ccc(C#N)cc1O. The largest absolute Gasteiger partial charge is 0.508 e. The van der Waals surface area contributed by atoms with Crippen LogP contribution in [0.4, 0.5) is 0 Å². The molecule has 0 amide bonds. The van der Waals surface area contributed by atoms with Crippen molar-refractivity contribution in [3.8, 4) is 11.8 Å². The van der Waals surface area contributed by atoms with Crippen LogP contribution in [0.3, 0.4) is 0 Å². The van der Waals surface area contributed by atoms with Gasteiger partial charge in [0.25, 0.3) is 0 Å². The zero-order chi connectivity index (χ0) is 11.3. The molecule has 1 N–H and O–H groups in total. The lowest BCUT2D eigenvalue weighted by Gasteiger charge is -2.04. The maximum Gasteiger partial charge on any atom is 0.310 e. The molecule has 0 radical (unpaired) electrons. The zero-order valence-electron chi connectivity index (χ0n) is 8.36. The van der Waals surface area contributed by atoms with Gasteiger partial charge in [0.1, 0.15) is 5.75 Å². The minimum Gasteiger partial charge on any atom is -0.508 e. The first-order chi connectivity index (χ1) is 7.17. The van der Waals surface area contributed by atoms with Crippen LogP contribution in [0.5, 0.6) is 5.75 Å². The van der Waals surface area contributed by atoms with Crippen molar-refractivity contribution in [2.75, 3.05) is 6.61 Å². The lowest BCUT2D eigenvalue weighted by atomic mass is 10.1. The van der Waals surface area contributed by atoms with Crippen LogP contribution in [0.15, 0.2) is 18.2 Å². The first-order valence-corrected chi connectivity index (χ1v) is 4.55. The number of carbonyl (C=O) groups is 1. The van der Waals surface area contributed by atoms with Gasteiger partial charge in [-0.3, -0.25) is 4.79 Å². The van der Waals surface area contributed by atoms with E-state index in [1.807, 2.05) is 6.07 Å². The number of hydrogen-bond acceptors (Lipinski definition) is 4. The Morgan fingerprint density at radius 3 is 2.87 bits per heavy atom. The summed E-state index contributed by atoms with van der Waals surface area (Å²) in [7, 11) is 0. The third-order valence-electron chi connectivity index (χ3n) is 1.85. The number of phenolic OH excluding ortho intramolecular Hbond substituents is 1. The van der Waals surface area contributed by atoms with Gasteiger partial charge in [0, 0.05) is 5.56 Å². The highest BCUT2D eigenvalue weighted by Gasteiger charge is 2.08. The molecule has 1 rings (SSSR count). The number of ether oxygens (including phenoxy) is 1. The van der Waals surface area contributed by atoms with E-state index in [0.29, 0.717) is 17.7 Å². The number of rotatable bonds is 3. The Morgan fingerprint density at radius 1 is 1.60 bits per heavy atom. The Hall–Kier alpha value is -2.02. The fraction of sp³-hybridized carbons (Fsp3) is 0.273. The Bertz CT molecular complexity index is 407. The molecule has 15 heavy (non-hydrogen) atoms. The highest BCUT2D eigenvalue weighted by atomic mass is 16.5. The number of benzene rings is 1. The number of phenols is 1. The average molecular weight is 205 g/mol. The summed E-state index contributed by atoms with van der Waals surface area (Å²) in [6.07, 6.45) is 0.0192. The molecule has 0 heterocycles. The van der Waals surface area contributed by atoms with Gasteiger partial charge in [-0.05, 0) is 19.1 Å². The molecule has 0 aliphatic carbocycles. The summed E-state index contributed by atoms with van der Waals surface area (Å²) in [5.74, 6) is -0.445. The number of hydrogen-bond donors (Lipinski definition) is 1. The van der Waals surface area contributed by atoms with E-state index in [2.05, 4.69) is 0 Å². The fourth-order valence-electron chi connectivity index (χ4n) is 1.15. The van der Waals surface area contributed by atoms with Crippen molar-refractivity contribution < 1.29 is 14.6 Å². The van der Waals surface area contributed by atoms with E-state index in [0.717, 1.165) is 0 Å². The molecule has 0 aliphatic heterocycles. The van der Waals surface area contributed by atoms with E-state index in [-0.39, 0.29) is 12.2 Å². The number of carbonyl (C=O) groups excluding carboxylic acids is 1. The summed E-state index contributed by atoms with van der Waals surface area (Å²) in [5, 5.41) is 18.0. The second-order valence-corrected chi connectivity index (χ2v) is 2.94. The Balaban J connectivity index is 2.79. The number of esters is 1. The van der Waals surface area contributed by atoms with Crippen molar-refractivity contribution in [3.05, 3.63) is 29.3 Å². The molecule has 0 spiro atoms. The molecule has 4 heteroatoms. The summed E-state index contributed by atoms with van der Waals surface area (Å²) in [4.78, 5) is 11.1. The maximum atomic E-state index is 11.1. The fourth-order valence-corrected chi connectivity index (χ4v) is 1.15. The third kappa shape index (κ3) is 2.99. The Kier molecular flexibility index (Phi) is 3.69. The van der Waals surface area contributed by atoms with Crippen LogP contribution in [0, 0.1) is 11.3 Å². The van der Waals surface area contributed by atoms with Crippen LogP contribution in [-0.2, 0) is 16.0 Å². The molecule has 1 aromatic carbocycles. The normalized spacial score (nSPS) is 9.33. The van der Waals surface area contributed by atoms with E-state index in [1.165, 1.54) is 6.07 Å². The van der Waals surface area contributed by atoms with E-state index < -0.39 is 5.97 Å². The Morgan fingerprint density at radius 2 is 2.33 bits per heavy atom. The van der Waals surface area contributed by atoms with Crippen molar-refractivity contribution in [1.29, 1.82) is 5.26 Å². The van der Waals surface area contributed by atoms with Crippen LogP contribution in [0.1, 0.15) is 18.1 Å². The number of aromatic hydroxyl groups is 1. The van der Waals surface area contributed by atoms with Gasteiger partial charge in [-0.25, -0.2) is 0 Å². The molecule has 0 bridgehead atoms. The van der Waals surface area contributed by atoms with Crippen molar-refractivity contribution in [2.24, 2.45) is 0 Å². The monoisotopic (exact) mass is 205 g/mol. The third-order valence-corrected chi connectivity index (χ3v) is 1.85. The molecule has 1 aromatic rings. The molecule has 0 saturated heterocycles. The minimum absolute atomic E-state index is 0.0192. The van der Waals surface area contributed by atoms with Gasteiger partial charge in [-0.15, -0.1) is 0 Å². The zero-order valence-corrected chi connectivity index (χ0v) is 8.36. The minimum atomic E-state index is -0.391. The van der Waals surface area contributed by atoms with Crippen LogP contribution in [-0.4, -0.2) is 17.7 Å². The first-order valence-electron chi connectivity index (χ1n) is 4.55. The summed E-state index contributed by atoms with van der Waals surface area (Å²) in [6.45, 7) is 2.03. The summed E-state index contributed by atoms with van der Waals surface area (Å²) >= 11 is 0. The molecular formula is C11H11NO3. The van der Waals surface area contributed by atoms with Crippen LogP contribution < -0.4 is 0 Å². The summed E-state index contributed by atoms with van der Waals surface area (Å²) in [5.41, 5.74) is 0.826. The lowest BCUT2D eigenvalue weighted by molar-refractivity contribution is -0.142. The highest BCUT2D eigenvalue weighted by molar-refractivity contribution is 5.73. The van der Waals surface area contributed by atoms with Crippen molar-refractivity contribution in [2.45, 2.75) is 13.3 Å². The van der Waals surface area contributed by atoms with Gasteiger partial charge in [-0.2, -0.15) is 5.26 Å². The molecular weight excluding hydrogens is 194 g/mol. The van der Waals surface area contributed by atoms with Gasteiger partial charge in [-0.1, -0.05) is 6.07 Å². The lowest BCUT2D eigenvalue weighted by Crippen LogP contribution is -2.07. The maximum absolute atomic E-state index is 11.1. The van der Waals surface area contributed by atoms with Gasteiger partial charge >= 0.3 is 5.97 Å². The molecule has 0 aliphatic rings. The molecule has 0 saturated carbocycles. The predicted octanol–water partition coefficient (Wildman–Crippen LogP) is 1.37. The highest BCUT2D eigenvalue weighted by Crippen LogP contribution is 2.19. The smallest absolute Gasteiger partial charge is 0.310 e. The second kappa shape index (κ2) is 5.01. The molecule has 0 unspecified atom stereocenters. The molecule has 0 fully saturated rings. The van der Waals surface area contributed by atoms with E-state index >= 15 is 0 Å². The van der Waals surface area contributed by atoms with Crippen molar-refractivity contribution in [1.82, 2.24) is 0 Å². The average Bonchev–Trinajstić information content (AvgIpc) is 2.21. The van der Waals surface area contributed by atoms with Gasteiger partial charge in [0.15, 0.2) is 0 Å². The quantitative estimate of drug-likeness (QED) is 0.756. The van der Waals surface area contributed by atoms with Crippen LogP contribution in [0.2, 0.25) is 0 Å². The van der Waals surface area contributed by atoms with E-state index in [4.69, 9.17) is 10.00 Å². The molecule has 0 atom stereocenters. The number of nitrogens with zero attached hydrogens (tertiary/aromatic N) is 1. The van der Waals surface area contributed by atoms with Crippen molar-refractivity contribution in [3.63, 3.8) is 0 Å². The topological polar surface area (TPSA) is 70.3 Å². The van der Waals surface area contributed by atoms with Crippen molar-refractivity contribution >= 4 is 5.97 Å². The van der Waals surface area contributed by atoms with Gasteiger partial charge in [0.2, 0.25) is 0 Å². The Labute approximate surface area is 87.7 Å². The van der Waals surface area contributed by atoms with E-state index in [1.54, 1.807) is 19.1 Å². The standard InChI is InChI=1S/C11H11NO3/c1-2-15-11(14)6-9-4-3-8(7-12)5-10(9)13/h3-5,13H,2,6H2,1H3. The van der Waals surface area contributed by atoms with Crippen LogP contribution >= 0.6 is 0 Å². The molecule has 0 aromatic heterocycles.